The second-order valence-corrected chi connectivity index (χ2v) is 7.65. The minimum absolute atomic E-state index is 0.0807. The lowest BCUT2D eigenvalue weighted by molar-refractivity contribution is -0.136. The van der Waals surface area contributed by atoms with Gasteiger partial charge in [0.15, 0.2) is 0 Å². The highest BCUT2D eigenvalue weighted by Crippen LogP contribution is 2.26. The molecule has 1 unspecified atom stereocenters. The minimum Gasteiger partial charge on any atom is -0.392 e. The highest BCUT2D eigenvalue weighted by molar-refractivity contribution is 6.39. The molecule has 1 aromatic carbocycles. The summed E-state index contributed by atoms with van der Waals surface area (Å²) in [6.07, 6.45) is 2.68. The highest BCUT2D eigenvalue weighted by Gasteiger charge is 2.31. The summed E-state index contributed by atoms with van der Waals surface area (Å²) in [7, 11) is 0. The van der Waals surface area contributed by atoms with Crippen LogP contribution in [0.1, 0.15) is 45.2 Å². The van der Waals surface area contributed by atoms with Crippen molar-refractivity contribution in [3.8, 4) is 0 Å². The van der Waals surface area contributed by atoms with Gasteiger partial charge in [-0.15, -0.1) is 0 Å². The standard InChI is InChI=1S/C19H28N2O3/c1-12(2)16(22)19(3,4)11-20-17(23)18(24)21-15-9-8-13-6-5-7-14(13)10-15/h8-10,12,16,22H,5-7,11H2,1-4H3,(H,20,23)(H,21,24). The van der Waals surface area contributed by atoms with Crippen LogP contribution in [0.4, 0.5) is 5.69 Å². The molecular formula is C19H28N2O3. The molecule has 1 aliphatic rings. The molecule has 3 N–H and O–H groups in total. The highest BCUT2D eigenvalue weighted by atomic mass is 16.3. The van der Waals surface area contributed by atoms with Crippen LogP contribution in [0.3, 0.4) is 0 Å². The van der Waals surface area contributed by atoms with Crippen molar-refractivity contribution in [1.82, 2.24) is 5.32 Å². The number of carbonyl (C=O) groups excluding carboxylic acids is 2. The van der Waals surface area contributed by atoms with Gasteiger partial charge < -0.3 is 15.7 Å². The van der Waals surface area contributed by atoms with E-state index in [0.29, 0.717) is 5.69 Å². The van der Waals surface area contributed by atoms with Crippen LogP contribution >= 0.6 is 0 Å². The van der Waals surface area contributed by atoms with Crippen LogP contribution in [0.2, 0.25) is 0 Å². The first-order valence-electron chi connectivity index (χ1n) is 8.60. The summed E-state index contributed by atoms with van der Waals surface area (Å²) in [5, 5.41) is 15.4. The molecule has 0 bridgehead atoms. The number of amides is 2. The van der Waals surface area contributed by atoms with Crippen molar-refractivity contribution in [3.05, 3.63) is 29.3 Å². The van der Waals surface area contributed by atoms with E-state index in [1.54, 1.807) is 0 Å². The maximum absolute atomic E-state index is 12.0. The Morgan fingerprint density at radius 3 is 2.50 bits per heavy atom. The van der Waals surface area contributed by atoms with E-state index < -0.39 is 23.3 Å². The smallest absolute Gasteiger partial charge is 0.313 e. The van der Waals surface area contributed by atoms with Crippen LogP contribution in [0.25, 0.3) is 0 Å². The van der Waals surface area contributed by atoms with E-state index in [0.717, 1.165) is 19.3 Å². The Bertz CT molecular complexity index is 623. The normalized spacial score (nSPS) is 15.1. The summed E-state index contributed by atoms with van der Waals surface area (Å²) in [5.74, 6) is -1.28. The summed E-state index contributed by atoms with van der Waals surface area (Å²) in [6, 6.07) is 5.79. The molecule has 24 heavy (non-hydrogen) atoms. The molecular weight excluding hydrogens is 304 g/mol. The maximum atomic E-state index is 12.0. The van der Waals surface area contributed by atoms with Gasteiger partial charge >= 0.3 is 11.8 Å². The Labute approximate surface area is 143 Å². The SMILES string of the molecule is CC(C)C(O)C(C)(C)CNC(=O)C(=O)Nc1ccc2c(c1)CCC2. The first-order chi connectivity index (χ1) is 11.2. The number of nitrogens with one attached hydrogen (secondary N) is 2. The summed E-state index contributed by atoms with van der Waals surface area (Å²) in [6.45, 7) is 7.83. The first kappa shape index (κ1) is 18.5. The van der Waals surface area contributed by atoms with Crippen LogP contribution in [-0.4, -0.2) is 29.6 Å². The monoisotopic (exact) mass is 332 g/mol. The average Bonchev–Trinajstić information content (AvgIpc) is 2.99. The molecule has 1 aromatic rings. The van der Waals surface area contributed by atoms with E-state index >= 15 is 0 Å². The van der Waals surface area contributed by atoms with Gasteiger partial charge in [-0.3, -0.25) is 9.59 Å². The van der Waals surface area contributed by atoms with Gasteiger partial charge in [-0.05, 0) is 48.4 Å². The molecule has 5 heteroatoms. The van der Waals surface area contributed by atoms with Crippen LogP contribution in [-0.2, 0) is 22.4 Å². The molecule has 0 aromatic heterocycles. The van der Waals surface area contributed by atoms with Crippen molar-refractivity contribution in [1.29, 1.82) is 0 Å². The van der Waals surface area contributed by atoms with E-state index in [1.165, 1.54) is 11.1 Å². The fourth-order valence-electron chi connectivity index (χ4n) is 3.23. The van der Waals surface area contributed by atoms with Gasteiger partial charge in [0.05, 0.1) is 6.10 Å². The van der Waals surface area contributed by atoms with Crippen molar-refractivity contribution in [2.75, 3.05) is 11.9 Å². The van der Waals surface area contributed by atoms with Gasteiger partial charge in [-0.25, -0.2) is 0 Å². The molecule has 0 heterocycles. The van der Waals surface area contributed by atoms with Gasteiger partial charge in [-0.2, -0.15) is 0 Å². The second kappa shape index (κ2) is 7.34. The quantitative estimate of drug-likeness (QED) is 0.724. The first-order valence-corrected chi connectivity index (χ1v) is 8.60. The predicted molar refractivity (Wildman–Crippen MR) is 94.7 cm³/mol. The summed E-state index contributed by atoms with van der Waals surface area (Å²) in [5.41, 5.74) is 2.71. The van der Waals surface area contributed by atoms with Crippen LogP contribution < -0.4 is 10.6 Å². The minimum atomic E-state index is -0.681. The Morgan fingerprint density at radius 1 is 1.17 bits per heavy atom. The zero-order valence-electron chi connectivity index (χ0n) is 15.0. The number of rotatable bonds is 5. The topological polar surface area (TPSA) is 78.4 Å². The van der Waals surface area contributed by atoms with E-state index in [1.807, 2.05) is 45.9 Å². The van der Waals surface area contributed by atoms with Gasteiger partial charge in [0.1, 0.15) is 0 Å². The van der Waals surface area contributed by atoms with Crippen molar-refractivity contribution < 1.29 is 14.7 Å². The molecule has 2 rings (SSSR count). The number of aliphatic hydroxyl groups is 1. The third-order valence-corrected chi connectivity index (χ3v) is 4.70. The number of anilines is 1. The lowest BCUT2D eigenvalue weighted by Gasteiger charge is -2.33. The van der Waals surface area contributed by atoms with Gasteiger partial charge in [0.2, 0.25) is 0 Å². The fraction of sp³-hybridized carbons (Fsp3) is 0.579. The zero-order chi connectivity index (χ0) is 17.9. The van der Waals surface area contributed by atoms with Crippen LogP contribution in [0.15, 0.2) is 18.2 Å². The number of hydrogen-bond acceptors (Lipinski definition) is 3. The van der Waals surface area contributed by atoms with Crippen LogP contribution in [0, 0.1) is 11.3 Å². The second-order valence-electron chi connectivity index (χ2n) is 7.65. The lowest BCUT2D eigenvalue weighted by Crippen LogP contribution is -2.46. The summed E-state index contributed by atoms with van der Waals surface area (Å²) >= 11 is 0. The van der Waals surface area contributed by atoms with Gasteiger partial charge in [-0.1, -0.05) is 33.8 Å². The molecule has 0 saturated heterocycles. The fourth-order valence-corrected chi connectivity index (χ4v) is 3.23. The van der Waals surface area contributed by atoms with Gasteiger partial charge in [0.25, 0.3) is 0 Å². The number of aliphatic hydroxyl groups excluding tert-OH is 1. The Morgan fingerprint density at radius 2 is 1.83 bits per heavy atom. The number of carbonyl (C=O) groups is 2. The molecule has 0 spiro atoms. The van der Waals surface area contributed by atoms with Crippen LogP contribution in [0.5, 0.6) is 0 Å². The Kier molecular flexibility index (Phi) is 5.65. The number of aryl methyl sites for hydroxylation is 2. The third-order valence-electron chi connectivity index (χ3n) is 4.70. The molecule has 132 valence electrons. The van der Waals surface area contributed by atoms with E-state index in [9.17, 15) is 14.7 Å². The molecule has 0 radical (unpaired) electrons. The zero-order valence-corrected chi connectivity index (χ0v) is 15.0. The van der Waals surface area contributed by atoms with Crippen molar-refractivity contribution >= 4 is 17.5 Å². The molecule has 5 nitrogen and oxygen atoms in total. The van der Waals surface area contributed by atoms with E-state index in [4.69, 9.17) is 0 Å². The number of benzene rings is 1. The molecule has 2 amide bonds. The maximum Gasteiger partial charge on any atom is 0.313 e. The molecule has 0 fully saturated rings. The summed E-state index contributed by atoms with van der Waals surface area (Å²) < 4.78 is 0. The number of fused-ring (bicyclic) bond motifs is 1. The van der Waals surface area contributed by atoms with E-state index in [2.05, 4.69) is 10.6 Å². The van der Waals surface area contributed by atoms with Gasteiger partial charge in [0, 0.05) is 17.6 Å². The lowest BCUT2D eigenvalue weighted by atomic mass is 9.81. The molecule has 0 aliphatic heterocycles. The molecule has 1 aliphatic carbocycles. The number of hydrogen-bond donors (Lipinski definition) is 3. The molecule has 0 saturated carbocycles. The van der Waals surface area contributed by atoms with Crippen molar-refractivity contribution in [2.45, 2.75) is 53.1 Å². The third kappa shape index (κ3) is 4.35. The largest absolute Gasteiger partial charge is 0.392 e. The predicted octanol–water partition coefficient (Wildman–Crippen LogP) is 2.27. The summed E-state index contributed by atoms with van der Waals surface area (Å²) in [4.78, 5) is 24.1. The Balaban J connectivity index is 1.89. The van der Waals surface area contributed by atoms with E-state index in [-0.39, 0.29) is 12.5 Å². The average molecular weight is 332 g/mol. The van der Waals surface area contributed by atoms with Crippen molar-refractivity contribution in [2.24, 2.45) is 11.3 Å². The Hall–Kier alpha value is -1.88. The van der Waals surface area contributed by atoms with Crippen molar-refractivity contribution in [3.63, 3.8) is 0 Å². The molecule has 1 atom stereocenters.